The predicted octanol–water partition coefficient (Wildman–Crippen LogP) is 4.33. The van der Waals surface area contributed by atoms with Crippen molar-refractivity contribution in [1.82, 2.24) is 4.90 Å². The van der Waals surface area contributed by atoms with Crippen LogP contribution >= 0.6 is 0 Å². The first-order valence-electron chi connectivity index (χ1n) is 9.75. The molecule has 0 bridgehead atoms. The molecule has 0 aromatic heterocycles. The highest BCUT2D eigenvalue weighted by atomic mass is 16.5. The SMILES string of the molecule is C/C=C\C1=C(C)CCN(CCCCOc2ccc3c(c2)NC(=O)CC3)C1. The quantitative estimate of drug-likeness (QED) is 0.741. The van der Waals surface area contributed by atoms with Gasteiger partial charge in [0.2, 0.25) is 5.91 Å². The highest BCUT2D eigenvalue weighted by molar-refractivity contribution is 5.94. The van der Waals surface area contributed by atoms with E-state index < -0.39 is 0 Å². The molecule has 0 unspecified atom stereocenters. The van der Waals surface area contributed by atoms with Crippen molar-refractivity contribution in [2.45, 2.75) is 46.0 Å². The predicted molar refractivity (Wildman–Crippen MR) is 107 cm³/mol. The van der Waals surface area contributed by atoms with E-state index in [4.69, 9.17) is 4.74 Å². The average Bonchev–Trinajstić information content (AvgIpc) is 2.64. The summed E-state index contributed by atoms with van der Waals surface area (Å²) in [6.45, 7) is 8.42. The van der Waals surface area contributed by atoms with E-state index in [0.717, 1.165) is 56.9 Å². The highest BCUT2D eigenvalue weighted by Gasteiger charge is 2.16. The van der Waals surface area contributed by atoms with Gasteiger partial charge in [0.1, 0.15) is 5.75 Å². The molecule has 4 nitrogen and oxygen atoms in total. The van der Waals surface area contributed by atoms with Gasteiger partial charge in [-0.1, -0.05) is 23.8 Å². The number of nitrogens with one attached hydrogen (secondary N) is 1. The topological polar surface area (TPSA) is 41.6 Å². The second-order valence-corrected chi connectivity index (χ2v) is 7.25. The van der Waals surface area contributed by atoms with Crippen LogP contribution in [0, 0.1) is 0 Å². The normalized spacial score (nSPS) is 18.2. The number of anilines is 1. The number of fused-ring (bicyclic) bond motifs is 1. The second-order valence-electron chi connectivity index (χ2n) is 7.25. The Balaban J connectivity index is 1.39. The number of hydrogen-bond donors (Lipinski definition) is 1. The van der Waals surface area contributed by atoms with Crippen LogP contribution in [0.1, 0.15) is 45.1 Å². The number of allylic oxidation sites excluding steroid dienone is 1. The summed E-state index contributed by atoms with van der Waals surface area (Å²) in [6.07, 6.45) is 9.15. The van der Waals surface area contributed by atoms with Crippen molar-refractivity contribution in [3.63, 3.8) is 0 Å². The second kappa shape index (κ2) is 9.04. The lowest BCUT2D eigenvalue weighted by molar-refractivity contribution is -0.116. The number of amides is 1. The number of unbranched alkanes of at least 4 members (excludes halogenated alkanes) is 1. The van der Waals surface area contributed by atoms with E-state index in [2.05, 4.69) is 42.3 Å². The van der Waals surface area contributed by atoms with Crippen molar-refractivity contribution in [2.75, 3.05) is 31.6 Å². The van der Waals surface area contributed by atoms with Gasteiger partial charge < -0.3 is 10.1 Å². The number of benzene rings is 1. The summed E-state index contributed by atoms with van der Waals surface area (Å²) >= 11 is 0. The van der Waals surface area contributed by atoms with Gasteiger partial charge in [0, 0.05) is 31.3 Å². The lowest BCUT2D eigenvalue weighted by Gasteiger charge is -2.28. The lowest BCUT2D eigenvalue weighted by Crippen LogP contribution is -2.32. The van der Waals surface area contributed by atoms with E-state index in [0.29, 0.717) is 6.42 Å². The Morgan fingerprint density at radius 2 is 2.12 bits per heavy atom. The highest BCUT2D eigenvalue weighted by Crippen LogP contribution is 2.27. The Hall–Kier alpha value is -2.07. The summed E-state index contributed by atoms with van der Waals surface area (Å²) in [5.74, 6) is 0.940. The molecule has 0 saturated carbocycles. The summed E-state index contributed by atoms with van der Waals surface area (Å²) in [5, 5.41) is 2.93. The Labute approximate surface area is 156 Å². The van der Waals surface area contributed by atoms with Crippen LogP contribution in [0.3, 0.4) is 0 Å². The van der Waals surface area contributed by atoms with Gasteiger partial charge in [-0.25, -0.2) is 0 Å². The minimum Gasteiger partial charge on any atom is -0.494 e. The molecule has 140 valence electrons. The van der Waals surface area contributed by atoms with Crippen LogP contribution in [0.5, 0.6) is 5.75 Å². The number of carbonyl (C=O) groups is 1. The molecule has 2 aliphatic heterocycles. The van der Waals surface area contributed by atoms with E-state index in [1.807, 2.05) is 12.1 Å². The van der Waals surface area contributed by atoms with E-state index in [-0.39, 0.29) is 5.91 Å². The molecule has 1 N–H and O–H groups in total. The zero-order valence-corrected chi connectivity index (χ0v) is 16.0. The fourth-order valence-corrected chi connectivity index (χ4v) is 3.60. The minimum absolute atomic E-state index is 0.0951. The fourth-order valence-electron chi connectivity index (χ4n) is 3.60. The number of nitrogens with zero attached hydrogens (tertiary/aromatic N) is 1. The van der Waals surface area contributed by atoms with Crippen molar-refractivity contribution >= 4 is 11.6 Å². The molecule has 0 saturated heterocycles. The Kier molecular flexibility index (Phi) is 6.51. The van der Waals surface area contributed by atoms with Gasteiger partial charge in [0.05, 0.1) is 6.61 Å². The number of ether oxygens (including phenoxy) is 1. The molecule has 0 atom stereocenters. The van der Waals surface area contributed by atoms with Crippen LogP contribution in [0.15, 0.2) is 41.5 Å². The van der Waals surface area contributed by atoms with E-state index in [9.17, 15) is 4.79 Å². The maximum atomic E-state index is 11.5. The third-order valence-corrected chi connectivity index (χ3v) is 5.23. The van der Waals surface area contributed by atoms with Crippen molar-refractivity contribution in [2.24, 2.45) is 0 Å². The molecule has 2 heterocycles. The molecule has 2 aliphatic rings. The molecule has 0 radical (unpaired) electrons. The number of aryl methyl sites for hydroxylation is 1. The van der Waals surface area contributed by atoms with Gasteiger partial charge >= 0.3 is 0 Å². The first kappa shape index (κ1) is 18.7. The third kappa shape index (κ3) is 4.98. The summed E-state index contributed by atoms with van der Waals surface area (Å²) < 4.78 is 5.88. The van der Waals surface area contributed by atoms with Crippen molar-refractivity contribution in [1.29, 1.82) is 0 Å². The summed E-state index contributed by atoms with van der Waals surface area (Å²) in [7, 11) is 0. The van der Waals surface area contributed by atoms with Crippen molar-refractivity contribution in [3.8, 4) is 5.75 Å². The van der Waals surface area contributed by atoms with Gasteiger partial charge in [0.25, 0.3) is 0 Å². The van der Waals surface area contributed by atoms with E-state index in [1.54, 1.807) is 0 Å². The summed E-state index contributed by atoms with van der Waals surface area (Å²) in [5.41, 5.74) is 5.11. The van der Waals surface area contributed by atoms with Crippen LogP contribution in [0.4, 0.5) is 5.69 Å². The molecule has 0 spiro atoms. The van der Waals surface area contributed by atoms with E-state index in [1.165, 1.54) is 23.1 Å². The third-order valence-electron chi connectivity index (χ3n) is 5.23. The molecule has 3 rings (SSSR count). The molecule has 1 amide bonds. The number of rotatable bonds is 7. The van der Waals surface area contributed by atoms with Crippen LogP contribution in [0.25, 0.3) is 0 Å². The minimum atomic E-state index is 0.0951. The molecule has 1 aromatic rings. The Morgan fingerprint density at radius 3 is 2.96 bits per heavy atom. The van der Waals surface area contributed by atoms with Gasteiger partial charge in [-0.05, 0) is 63.3 Å². The molecule has 26 heavy (non-hydrogen) atoms. The number of carbonyl (C=O) groups excluding carboxylic acids is 1. The standard InChI is InChI=1S/C22H30N2O2/c1-3-6-19-16-24(13-11-17(19)2)12-4-5-14-26-20-9-7-18-8-10-22(25)23-21(18)15-20/h3,6-7,9,15H,4-5,8,10-14,16H2,1-2H3,(H,23,25)/b6-3-. The Morgan fingerprint density at radius 1 is 1.23 bits per heavy atom. The fraction of sp³-hybridized carbons (Fsp3) is 0.500. The molecule has 4 heteroatoms. The van der Waals surface area contributed by atoms with E-state index >= 15 is 0 Å². The maximum absolute atomic E-state index is 11.5. The van der Waals surface area contributed by atoms with Crippen LogP contribution in [-0.4, -0.2) is 37.0 Å². The molecule has 0 fully saturated rings. The Bertz CT molecular complexity index is 706. The van der Waals surface area contributed by atoms with Gasteiger partial charge in [-0.3, -0.25) is 9.69 Å². The molecule has 0 aliphatic carbocycles. The van der Waals surface area contributed by atoms with Crippen LogP contribution in [0.2, 0.25) is 0 Å². The lowest BCUT2D eigenvalue weighted by atomic mass is 10.0. The largest absolute Gasteiger partial charge is 0.494 e. The van der Waals surface area contributed by atoms with Gasteiger partial charge in [-0.15, -0.1) is 0 Å². The first-order chi connectivity index (χ1) is 12.7. The number of hydrogen-bond acceptors (Lipinski definition) is 3. The first-order valence-corrected chi connectivity index (χ1v) is 9.75. The van der Waals surface area contributed by atoms with Gasteiger partial charge in [-0.2, -0.15) is 0 Å². The zero-order valence-electron chi connectivity index (χ0n) is 16.0. The smallest absolute Gasteiger partial charge is 0.224 e. The summed E-state index contributed by atoms with van der Waals surface area (Å²) in [6, 6.07) is 6.03. The zero-order chi connectivity index (χ0) is 18.4. The van der Waals surface area contributed by atoms with Crippen LogP contribution in [-0.2, 0) is 11.2 Å². The monoisotopic (exact) mass is 354 g/mol. The maximum Gasteiger partial charge on any atom is 0.224 e. The molecular weight excluding hydrogens is 324 g/mol. The van der Waals surface area contributed by atoms with Crippen molar-refractivity contribution in [3.05, 3.63) is 47.1 Å². The van der Waals surface area contributed by atoms with Crippen LogP contribution < -0.4 is 10.1 Å². The van der Waals surface area contributed by atoms with Crippen molar-refractivity contribution < 1.29 is 9.53 Å². The molecule has 1 aromatic carbocycles. The average molecular weight is 354 g/mol. The summed E-state index contributed by atoms with van der Waals surface area (Å²) in [4.78, 5) is 14.0. The molecular formula is C22H30N2O2. The van der Waals surface area contributed by atoms with Gasteiger partial charge in [0.15, 0.2) is 0 Å².